The number of aryl methyl sites for hydroxylation is 1. The van der Waals surface area contributed by atoms with E-state index in [4.69, 9.17) is 5.73 Å². The first kappa shape index (κ1) is 12.7. The summed E-state index contributed by atoms with van der Waals surface area (Å²) in [5.41, 5.74) is 9.02. The molecule has 0 radical (unpaired) electrons. The standard InChI is InChI=1S/C15H21NS/c1-12-7-9-14(10-8-12)17-11-15(16)13-5-3-2-4-6-13/h5,7-10,15H,2-4,6,11,16H2,1H3. The molecule has 0 bridgehead atoms. The van der Waals surface area contributed by atoms with Gasteiger partial charge in [-0.3, -0.25) is 0 Å². The van der Waals surface area contributed by atoms with E-state index >= 15 is 0 Å². The summed E-state index contributed by atoms with van der Waals surface area (Å²) in [5, 5.41) is 0. The highest BCUT2D eigenvalue weighted by molar-refractivity contribution is 7.99. The number of benzene rings is 1. The van der Waals surface area contributed by atoms with Gasteiger partial charge in [0.15, 0.2) is 0 Å². The molecule has 1 aliphatic carbocycles. The lowest BCUT2D eigenvalue weighted by Gasteiger charge is -2.19. The van der Waals surface area contributed by atoms with Crippen molar-refractivity contribution in [1.82, 2.24) is 0 Å². The molecule has 1 aromatic carbocycles. The zero-order chi connectivity index (χ0) is 12.1. The third-order valence-corrected chi connectivity index (χ3v) is 4.38. The quantitative estimate of drug-likeness (QED) is 0.645. The second-order valence-electron chi connectivity index (χ2n) is 4.76. The first-order chi connectivity index (χ1) is 8.25. The smallest absolute Gasteiger partial charge is 0.0349 e. The fourth-order valence-electron chi connectivity index (χ4n) is 2.13. The Labute approximate surface area is 108 Å². The third-order valence-electron chi connectivity index (χ3n) is 3.25. The van der Waals surface area contributed by atoms with Crippen LogP contribution in [0.4, 0.5) is 0 Å². The van der Waals surface area contributed by atoms with Crippen molar-refractivity contribution in [3.8, 4) is 0 Å². The molecule has 2 rings (SSSR count). The van der Waals surface area contributed by atoms with Crippen LogP contribution in [0.2, 0.25) is 0 Å². The maximum Gasteiger partial charge on any atom is 0.0349 e. The summed E-state index contributed by atoms with van der Waals surface area (Å²) in [6, 6.07) is 8.92. The van der Waals surface area contributed by atoms with Gasteiger partial charge in [0.2, 0.25) is 0 Å². The van der Waals surface area contributed by atoms with Crippen LogP contribution >= 0.6 is 11.8 Å². The first-order valence-corrected chi connectivity index (χ1v) is 7.38. The summed E-state index contributed by atoms with van der Waals surface area (Å²) in [4.78, 5) is 1.32. The predicted octanol–water partition coefficient (Wildman–Crippen LogP) is 3.91. The molecule has 1 unspecified atom stereocenters. The lowest BCUT2D eigenvalue weighted by molar-refractivity contribution is 0.656. The molecule has 0 saturated carbocycles. The van der Waals surface area contributed by atoms with Crippen molar-refractivity contribution in [1.29, 1.82) is 0 Å². The van der Waals surface area contributed by atoms with Gasteiger partial charge in [0.1, 0.15) is 0 Å². The molecule has 1 nitrogen and oxygen atoms in total. The van der Waals surface area contributed by atoms with Crippen molar-refractivity contribution >= 4 is 11.8 Å². The van der Waals surface area contributed by atoms with E-state index in [1.165, 1.54) is 41.7 Å². The van der Waals surface area contributed by atoms with Crippen LogP contribution in [0.25, 0.3) is 0 Å². The number of rotatable bonds is 4. The van der Waals surface area contributed by atoms with Crippen LogP contribution in [0.15, 0.2) is 40.8 Å². The molecule has 1 atom stereocenters. The fourth-order valence-corrected chi connectivity index (χ4v) is 3.04. The molecule has 0 saturated heterocycles. The van der Waals surface area contributed by atoms with Crippen LogP contribution in [0.3, 0.4) is 0 Å². The van der Waals surface area contributed by atoms with Crippen LogP contribution in [0.1, 0.15) is 31.2 Å². The van der Waals surface area contributed by atoms with Gasteiger partial charge in [0.05, 0.1) is 0 Å². The molecule has 2 N–H and O–H groups in total. The molecule has 1 aromatic rings. The van der Waals surface area contributed by atoms with Crippen LogP contribution in [-0.2, 0) is 0 Å². The molecule has 2 heteroatoms. The maximum atomic E-state index is 6.24. The molecule has 17 heavy (non-hydrogen) atoms. The Morgan fingerprint density at radius 2 is 2.00 bits per heavy atom. The van der Waals surface area contributed by atoms with E-state index in [0.29, 0.717) is 0 Å². The Balaban J connectivity index is 1.85. The monoisotopic (exact) mass is 247 g/mol. The van der Waals surface area contributed by atoms with Gasteiger partial charge in [-0.2, -0.15) is 0 Å². The summed E-state index contributed by atoms with van der Waals surface area (Å²) in [5.74, 6) is 0.995. The Hall–Kier alpha value is -0.730. The zero-order valence-corrected chi connectivity index (χ0v) is 11.3. The third kappa shape index (κ3) is 3.90. The Morgan fingerprint density at radius 3 is 2.65 bits per heavy atom. The van der Waals surface area contributed by atoms with Gasteiger partial charge in [0, 0.05) is 16.7 Å². The molecule has 0 amide bonds. The number of hydrogen-bond acceptors (Lipinski definition) is 2. The topological polar surface area (TPSA) is 26.0 Å². The van der Waals surface area contributed by atoms with Gasteiger partial charge in [0.25, 0.3) is 0 Å². The van der Waals surface area contributed by atoms with Gasteiger partial charge in [-0.1, -0.05) is 29.3 Å². The largest absolute Gasteiger partial charge is 0.324 e. The molecule has 0 heterocycles. The normalized spacial score (nSPS) is 17.6. The van der Waals surface area contributed by atoms with Gasteiger partial charge in [-0.05, 0) is 44.7 Å². The minimum absolute atomic E-state index is 0.238. The van der Waals surface area contributed by atoms with Crippen LogP contribution < -0.4 is 5.73 Å². The van der Waals surface area contributed by atoms with Gasteiger partial charge < -0.3 is 5.73 Å². The second kappa shape index (κ2) is 6.27. The number of nitrogens with two attached hydrogens (primary N) is 1. The molecule has 0 aliphatic heterocycles. The van der Waals surface area contributed by atoms with E-state index in [1.54, 1.807) is 0 Å². The highest BCUT2D eigenvalue weighted by Crippen LogP contribution is 2.24. The van der Waals surface area contributed by atoms with E-state index < -0.39 is 0 Å². The van der Waals surface area contributed by atoms with E-state index in [1.807, 2.05) is 11.8 Å². The molecule has 0 aromatic heterocycles. The van der Waals surface area contributed by atoms with E-state index in [9.17, 15) is 0 Å². The number of hydrogen-bond donors (Lipinski definition) is 1. The van der Waals surface area contributed by atoms with Gasteiger partial charge in [-0.25, -0.2) is 0 Å². The van der Waals surface area contributed by atoms with Crippen LogP contribution in [0, 0.1) is 6.92 Å². The predicted molar refractivity (Wildman–Crippen MR) is 76.4 cm³/mol. The van der Waals surface area contributed by atoms with Crippen molar-refractivity contribution in [2.24, 2.45) is 5.73 Å². The SMILES string of the molecule is Cc1ccc(SCC(N)C2=CCCCC2)cc1. The summed E-state index contributed by atoms with van der Waals surface area (Å²) in [7, 11) is 0. The summed E-state index contributed by atoms with van der Waals surface area (Å²) < 4.78 is 0. The van der Waals surface area contributed by atoms with Gasteiger partial charge in [-0.15, -0.1) is 11.8 Å². The molecule has 92 valence electrons. The average molecular weight is 247 g/mol. The first-order valence-electron chi connectivity index (χ1n) is 6.39. The van der Waals surface area contributed by atoms with E-state index in [0.717, 1.165) is 5.75 Å². The lowest BCUT2D eigenvalue weighted by atomic mass is 9.95. The molecule has 1 aliphatic rings. The highest BCUT2D eigenvalue weighted by Gasteiger charge is 2.12. The Kier molecular flexibility index (Phi) is 4.69. The van der Waals surface area contributed by atoms with Crippen LogP contribution in [0.5, 0.6) is 0 Å². The summed E-state index contributed by atoms with van der Waals surface area (Å²) in [6.07, 6.45) is 7.42. The van der Waals surface area contributed by atoms with E-state index in [2.05, 4.69) is 37.3 Å². The maximum absolute atomic E-state index is 6.24. The Bertz CT molecular complexity index is 380. The second-order valence-corrected chi connectivity index (χ2v) is 5.85. The minimum atomic E-state index is 0.238. The van der Waals surface area contributed by atoms with Crippen molar-refractivity contribution in [2.45, 2.75) is 43.5 Å². The molecule has 0 fully saturated rings. The number of allylic oxidation sites excluding steroid dienone is 1. The number of thioether (sulfide) groups is 1. The van der Waals surface area contributed by atoms with Crippen molar-refractivity contribution in [2.75, 3.05) is 5.75 Å². The Morgan fingerprint density at radius 1 is 1.24 bits per heavy atom. The summed E-state index contributed by atoms with van der Waals surface area (Å²) >= 11 is 1.87. The molecular weight excluding hydrogens is 226 g/mol. The minimum Gasteiger partial charge on any atom is -0.324 e. The fraction of sp³-hybridized carbons (Fsp3) is 0.467. The zero-order valence-electron chi connectivity index (χ0n) is 10.5. The van der Waals surface area contributed by atoms with Crippen molar-refractivity contribution in [3.05, 3.63) is 41.5 Å². The summed E-state index contributed by atoms with van der Waals surface area (Å²) in [6.45, 7) is 2.12. The van der Waals surface area contributed by atoms with Gasteiger partial charge >= 0.3 is 0 Å². The van der Waals surface area contributed by atoms with Crippen molar-refractivity contribution in [3.63, 3.8) is 0 Å². The molecule has 0 spiro atoms. The highest BCUT2D eigenvalue weighted by atomic mass is 32.2. The van der Waals surface area contributed by atoms with Crippen molar-refractivity contribution < 1.29 is 0 Å². The van der Waals surface area contributed by atoms with E-state index in [-0.39, 0.29) is 6.04 Å². The average Bonchev–Trinajstić information content (AvgIpc) is 2.39. The molecular formula is C15H21NS. The van der Waals surface area contributed by atoms with Crippen LogP contribution in [-0.4, -0.2) is 11.8 Å². The lowest BCUT2D eigenvalue weighted by Crippen LogP contribution is -2.26.